The molecule has 0 aliphatic heterocycles. The summed E-state index contributed by atoms with van der Waals surface area (Å²) in [7, 11) is 0. The zero-order valence-electron chi connectivity index (χ0n) is 12.6. The molecule has 2 rings (SSSR count). The van der Waals surface area contributed by atoms with Gasteiger partial charge in [0.2, 0.25) is 0 Å². The second-order valence-corrected chi connectivity index (χ2v) is 6.69. The molecule has 1 aliphatic rings. The summed E-state index contributed by atoms with van der Waals surface area (Å²) in [6, 6.07) is 6.50. The van der Waals surface area contributed by atoms with Gasteiger partial charge >= 0.3 is 0 Å². The molecule has 0 saturated carbocycles. The molecule has 106 valence electrons. The molecule has 1 N–H and O–H groups in total. The first-order chi connectivity index (χ1) is 9.06. The van der Waals surface area contributed by atoms with Gasteiger partial charge in [0.15, 0.2) is 0 Å². The molecule has 19 heavy (non-hydrogen) atoms. The highest BCUT2D eigenvalue weighted by Gasteiger charge is 2.13. The fourth-order valence-corrected chi connectivity index (χ4v) is 2.58. The summed E-state index contributed by atoms with van der Waals surface area (Å²) >= 11 is 0. The summed E-state index contributed by atoms with van der Waals surface area (Å²) in [5, 5.41) is 3.45. The van der Waals surface area contributed by atoms with Crippen molar-refractivity contribution in [3.63, 3.8) is 0 Å². The van der Waals surface area contributed by atoms with Gasteiger partial charge in [-0.05, 0) is 48.3 Å². The highest BCUT2D eigenvalue weighted by atomic mass is 16.5. The van der Waals surface area contributed by atoms with Gasteiger partial charge < -0.3 is 10.1 Å². The van der Waals surface area contributed by atoms with Crippen molar-refractivity contribution in [2.24, 2.45) is 5.41 Å². The van der Waals surface area contributed by atoms with E-state index in [4.69, 9.17) is 4.74 Å². The molecule has 1 aliphatic carbocycles. The van der Waals surface area contributed by atoms with Crippen molar-refractivity contribution in [1.29, 1.82) is 0 Å². The van der Waals surface area contributed by atoms with Crippen molar-refractivity contribution < 1.29 is 4.74 Å². The Morgan fingerprint density at radius 2 is 1.95 bits per heavy atom. The Kier molecular flexibility index (Phi) is 4.87. The number of hydrogen-bond donors (Lipinski definition) is 1. The van der Waals surface area contributed by atoms with Gasteiger partial charge in [0.1, 0.15) is 12.4 Å². The zero-order valence-corrected chi connectivity index (χ0v) is 12.6. The number of aryl methyl sites for hydroxylation is 1. The lowest BCUT2D eigenvalue weighted by Gasteiger charge is -2.21. The highest BCUT2D eigenvalue weighted by molar-refractivity contribution is 5.41. The van der Waals surface area contributed by atoms with Crippen LogP contribution in [0.2, 0.25) is 0 Å². The third-order valence-electron chi connectivity index (χ3n) is 3.54. The normalized spacial score (nSPS) is 15.1. The van der Waals surface area contributed by atoms with Crippen LogP contribution in [-0.4, -0.2) is 19.7 Å². The molecule has 2 nitrogen and oxygen atoms in total. The van der Waals surface area contributed by atoms with Crippen LogP contribution in [0.25, 0.3) is 0 Å². The number of rotatable bonds is 5. The molecule has 0 spiro atoms. The second kappa shape index (κ2) is 6.42. The van der Waals surface area contributed by atoms with E-state index < -0.39 is 0 Å². The van der Waals surface area contributed by atoms with Crippen LogP contribution in [0.15, 0.2) is 18.2 Å². The molecule has 1 aromatic rings. The van der Waals surface area contributed by atoms with Gasteiger partial charge in [0.25, 0.3) is 0 Å². The van der Waals surface area contributed by atoms with E-state index in [1.807, 2.05) is 0 Å². The Hall–Kier alpha value is -1.02. The van der Waals surface area contributed by atoms with Gasteiger partial charge in [0, 0.05) is 13.1 Å². The minimum absolute atomic E-state index is 0.339. The molecule has 0 unspecified atom stereocenters. The lowest BCUT2D eigenvalue weighted by atomic mass is 9.91. The van der Waals surface area contributed by atoms with Crippen molar-refractivity contribution in [2.45, 2.75) is 46.5 Å². The van der Waals surface area contributed by atoms with Crippen LogP contribution in [0.3, 0.4) is 0 Å². The van der Waals surface area contributed by atoms with Gasteiger partial charge in [-0.2, -0.15) is 0 Å². The van der Waals surface area contributed by atoms with Crippen molar-refractivity contribution in [1.82, 2.24) is 5.32 Å². The molecule has 1 aromatic carbocycles. The quantitative estimate of drug-likeness (QED) is 0.818. The molecule has 0 aromatic heterocycles. The molecule has 0 atom stereocenters. The van der Waals surface area contributed by atoms with Crippen LogP contribution < -0.4 is 10.1 Å². The fourth-order valence-electron chi connectivity index (χ4n) is 2.58. The average Bonchev–Trinajstić information content (AvgIpc) is 2.37. The summed E-state index contributed by atoms with van der Waals surface area (Å²) in [6.07, 6.45) is 5.02. The van der Waals surface area contributed by atoms with E-state index in [9.17, 15) is 0 Å². The van der Waals surface area contributed by atoms with Crippen LogP contribution in [0.5, 0.6) is 5.75 Å². The van der Waals surface area contributed by atoms with Crippen molar-refractivity contribution >= 4 is 0 Å². The minimum atomic E-state index is 0.339. The van der Waals surface area contributed by atoms with E-state index in [0.29, 0.717) is 5.41 Å². The second-order valence-electron chi connectivity index (χ2n) is 6.69. The standard InChI is InChI=1S/C17H27NO/c1-17(2,3)13-18-11-12-19-16-10-6-8-14-7-4-5-9-15(14)16/h6,8,10,18H,4-5,7,9,11-13H2,1-3H3. The van der Waals surface area contributed by atoms with Crippen LogP contribution in [0.1, 0.15) is 44.7 Å². The molecule has 0 amide bonds. The predicted octanol–water partition coefficient (Wildman–Crippen LogP) is 3.58. The molecule has 0 saturated heterocycles. The van der Waals surface area contributed by atoms with E-state index in [2.05, 4.69) is 44.3 Å². The summed E-state index contributed by atoms with van der Waals surface area (Å²) in [5.74, 6) is 1.11. The van der Waals surface area contributed by atoms with E-state index in [1.165, 1.54) is 36.8 Å². The zero-order chi connectivity index (χ0) is 13.7. The monoisotopic (exact) mass is 261 g/mol. The maximum atomic E-state index is 5.96. The Bertz CT molecular complexity index is 406. The molecule has 0 heterocycles. The van der Waals surface area contributed by atoms with Crippen LogP contribution in [0, 0.1) is 5.41 Å². The Labute approximate surface area is 117 Å². The molecular formula is C17H27NO. The first-order valence-corrected chi connectivity index (χ1v) is 7.50. The summed E-state index contributed by atoms with van der Waals surface area (Å²) in [6.45, 7) is 9.44. The summed E-state index contributed by atoms with van der Waals surface area (Å²) < 4.78 is 5.96. The average molecular weight is 261 g/mol. The number of fused-ring (bicyclic) bond motifs is 1. The van der Waals surface area contributed by atoms with Crippen LogP contribution in [-0.2, 0) is 12.8 Å². The maximum absolute atomic E-state index is 5.96. The van der Waals surface area contributed by atoms with E-state index in [-0.39, 0.29) is 0 Å². The predicted molar refractivity (Wildman–Crippen MR) is 80.9 cm³/mol. The molecule has 0 fully saturated rings. The molecule has 0 radical (unpaired) electrons. The van der Waals surface area contributed by atoms with Gasteiger partial charge in [-0.25, -0.2) is 0 Å². The number of ether oxygens (including phenoxy) is 1. The smallest absolute Gasteiger partial charge is 0.122 e. The van der Waals surface area contributed by atoms with Gasteiger partial charge in [0.05, 0.1) is 0 Å². The fraction of sp³-hybridized carbons (Fsp3) is 0.647. The number of nitrogens with one attached hydrogen (secondary N) is 1. The van der Waals surface area contributed by atoms with Crippen molar-refractivity contribution in [3.8, 4) is 5.75 Å². The third kappa shape index (κ3) is 4.54. The van der Waals surface area contributed by atoms with E-state index in [1.54, 1.807) is 0 Å². The van der Waals surface area contributed by atoms with Crippen molar-refractivity contribution in [2.75, 3.05) is 19.7 Å². The first-order valence-electron chi connectivity index (χ1n) is 7.50. The van der Waals surface area contributed by atoms with Crippen LogP contribution >= 0.6 is 0 Å². The number of hydrogen-bond acceptors (Lipinski definition) is 2. The van der Waals surface area contributed by atoms with E-state index in [0.717, 1.165) is 25.4 Å². The van der Waals surface area contributed by atoms with Gasteiger partial charge in [-0.15, -0.1) is 0 Å². The molecule has 0 bridgehead atoms. The van der Waals surface area contributed by atoms with E-state index >= 15 is 0 Å². The SMILES string of the molecule is CC(C)(C)CNCCOc1cccc2c1CCCC2. The van der Waals surface area contributed by atoms with Gasteiger partial charge in [-0.3, -0.25) is 0 Å². The van der Waals surface area contributed by atoms with Crippen LogP contribution in [0.4, 0.5) is 0 Å². The Morgan fingerprint density at radius 1 is 1.16 bits per heavy atom. The topological polar surface area (TPSA) is 21.3 Å². The highest BCUT2D eigenvalue weighted by Crippen LogP contribution is 2.29. The van der Waals surface area contributed by atoms with Crippen molar-refractivity contribution in [3.05, 3.63) is 29.3 Å². The molecule has 2 heteroatoms. The number of benzene rings is 1. The lowest BCUT2D eigenvalue weighted by molar-refractivity contribution is 0.294. The molecular weight excluding hydrogens is 234 g/mol. The first kappa shape index (κ1) is 14.4. The summed E-state index contributed by atoms with van der Waals surface area (Å²) in [4.78, 5) is 0. The maximum Gasteiger partial charge on any atom is 0.122 e. The Morgan fingerprint density at radius 3 is 2.74 bits per heavy atom. The minimum Gasteiger partial charge on any atom is -0.492 e. The summed E-state index contributed by atoms with van der Waals surface area (Å²) in [5.41, 5.74) is 3.28. The Balaban J connectivity index is 1.80. The largest absolute Gasteiger partial charge is 0.492 e. The lowest BCUT2D eigenvalue weighted by Crippen LogP contribution is -2.30. The van der Waals surface area contributed by atoms with Gasteiger partial charge in [-0.1, -0.05) is 32.9 Å². The third-order valence-corrected chi connectivity index (χ3v) is 3.54.